The molecule has 3 aromatic heterocycles. The molecule has 1 aliphatic heterocycles. The molecule has 0 bridgehead atoms. The number of benzene rings is 1. The molecule has 32 heavy (non-hydrogen) atoms. The van der Waals surface area contributed by atoms with Gasteiger partial charge in [0.25, 0.3) is 0 Å². The Hall–Kier alpha value is -2.46. The van der Waals surface area contributed by atoms with Crippen LogP contribution in [0.5, 0.6) is 0 Å². The monoisotopic (exact) mass is 429 g/mol. The Bertz CT molecular complexity index is 1410. The highest BCUT2D eigenvalue weighted by Crippen LogP contribution is 2.48. The lowest BCUT2D eigenvalue weighted by atomic mass is 9.88. The van der Waals surface area contributed by atoms with Gasteiger partial charge in [-0.25, -0.2) is 4.98 Å². The summed E-state index contributed by atoms with van der Waals surface area (Å²) >= 11 is 0. The van der Waals surface area contributed by atoms with Crippen LogP contribution >= 0.6 is 0 Å². The summed E-state index contributed by atoms with van der Waals surface area (Å²) in [6, 6.07) is 9.11. The van der Waals surface area contributed by atoms with Crippen molar-refractivity contribution in [3.8, 4) is 0 Å². The van der Waals surface area contributed by atoms with Crippen molar-refractivity contribution >= 4 is 27.5 Å². The SMILES string of the molecule is CC(C)(C)c1cc2cc(C(C)(C)C)n3c4cc5c(cc4nc3c2cn1)C(C)(C)OC5(C)C. The van der Waals surface area contributed by atoms with E-state index in [4.69, 9.17) is 14.7 Å². The third kappa shape index (κ3) is 2.99. The van der Waals surface area contributed by atoms with Crippen LogP contribution in [0.4, 0.5) is 0 Å². The number of hydrogen-bond acceptors (Lipinski definition) is 3. The predicted octanol–water partition coefficient (Wildman–Crippen LogP) is 7.13. The van der Waals surface area contributed by atoms with Gasteiger partial charge in [-0.2, -0.15) is 0 Å². The van der Waals surface area contributed by atoms with Crippen molar-refractivity contribution in [2.45, 2.75) is 91.3 Å². The average Bonchev–Trinajstić information content (AvgIpc) is 3.10. The van der Waals surface area contributed by atoms with E-state index in [-0.39, 0.29) is 22.0 Å². The zero-order valence-electron chi connectivity index (χ0n) is 21.1. The fraction of sp³-hybridized carbons (Fsp3) is 0.500. The number of aromatic nitrogens is 3. The fourth-order valence-corrected chi connectivity index (χ4v) is 5.24. The van der Waals surface area contributed by atoms with Crippen LogP contribution in [0, 0.1) is 0 Å². The number of hydrogen-bond donors (Lipinski definition) is 0. The van der Waals surface area contributed by atoms with Crippen LogP contribution in [0.15, 0.2) is 30.5 Å². The van der Waals surface area contributed by atoms with E-state index in [1.165, 1.54) is 22.2 Å². The minimum absolute atomic E-state index is 0.000316. The molecule has 0 aliphatic carbocycles. The molecule has 0 spiro atoms. The molecule has 4 heteroatoms. The molecule has 1 aromatic carbocycles. The molecule has 0 saturated heterocycles. The second-order valence-electron chi connectivity index (χ2n) is 12.5. The standard InChI is InChI=1S/C28H35N3O/c1-25(2,3)22-11-16-12-23(26(4,5)6)31-21-14-19-18(27(7,8)32-28(19,9)10)13-20(21)30-24(31)17(16)15-29-22/h11-15H,1-10H3. The lowest BCUT2D eigenvalue weighted by molar-refractivity contribution is -0.105. The van der Waals surface area contributed by atoms with Gasteiger partial charge in [-0.3, -0.25) is 9.38 Å². The summed E-state index contributed by atoms with van der Waals surface area (Å²) in [5, 5.41) is 2.30. The van der Waals surface area contributed by atoms with Crippen molar-refractivity contribution in [3.63, 3.8) is 0 Å². The highest BCUT2D eigenvalue weighted by molar-refractivity contribution is 5.99. The summed E-state index contributed by atoms with van der Waals surface area (Å²) < 4.78 is 8.77. The number of ether oxygens (including phenoxy) is 1. The minimum Gasteiger partial charge on any atom is -0.360 e. The first-order chi connectivity index (χ1) is 14.6. The first-order valence-corrected chi connectivity index (χ1v) is 11.6. The van der Waals surface area contributed by atoms with Crippen LogP contribution in [0.25, 0.3) is 27.5 Å². The van der Waals surface area contributed by atoms with Crippen molar-refractivity contribution in [2.24, 2.45) is 0 Å². The van der Waals surface area contributed by atoms with Gasteiger partial charge in [-0.05, 0) is 68.5 Å². The van der Waals surface area contributed by atoms with Crippen LogP contribution < -0.4 is 0 Å². The molecular weight excluding hydrogens is 394 g/mol. The molecule has 0 unspecified atom stereocenters. The smallest absolute Gasteiger partial charge is 0.147 e. The Morgan fingerprint density at radius 2 is 1.44 bits per heavy atom. The number of rotatable bonds is 0. The second kappa shape index (κ2) is 6.11. The van der Waals surface area contributed by atoms with E-state index in [0.717, 1.165) is 27.8 Å². The number of nitrogens with zero attached hydrogens (tertiary/aromatic N) is 3. The van der Waals surface area contributed by atoms with E-state index < -0.39 is 0 Å². The third-order valence-corrected chi connectivity index (χ3v) is 6.85. The minimum atomic E-state index is -0.334. The topological polar surface area (TPSA) is 39.4 Å². The maximum Gasteiger partial charge on any atom is 0.147 e. The Morgan fingerprint density at radius 1 is 0.812 bits per heavy atom. The highest BCUT2D eigenvalue weighted by atomic mass is 16.5. The maximum absolute atomic E-state index is 6.42. The number of fused-ring (bicyclic) bond motifs is 6. The van der Waals surface area contributed by atoms with Crippen LogP contribution in [-0.2, 0) is 26.8 Å². The quantitative estimate of drug-likeness (QED) is 0.298. The zero-order valence-corrected chi connectivity index (χ0v) is 21.1. The Morgan fingerprint density at radius 3 is 2.03 bits per heavy atom. The van der Waals surface area contributed by atoms with Crippen molar-refractivity contribution in [1.29, 1.82) is 0 Å². The van der Waals surface area contributed by atoms with Crippen molar-refractivity contribution in [3.05, 3.63) is 53.0 Å². The molecule has 168 valence electrons. The zero-order chi connectivity index (χ0) is 23.4. The van der Waals surface area contributed by atoms with Crippen LogP contribution in [-0.4, -0.2) is 14.4 Å². The lowest BCUT2D eigenvalue weighted by Gasteiger charge is -2.25. The van der Waals surface area contributed by atoms with Crippen LogP contribution in [0.3, 0.4) is 0 Å². The normalized spacial score (nSPS) is 18.1. The van der Waals surface area contributed by atoms with Gasteiger partial charge in [0, 0.05) is 33.8 Å². The number of imidazole rings is 1. The van der Waals surface area contributed by atoms with Gasteiger partial charge in [0.05, 0.1) is 22.2 Å². The van der Waals surface area contributed by atoms with Gasteiger partial charge in [0.15, 0.2) is 0 Å². The second-order valence-corrected chi connectivity index (χ2v) is 12.5. The fourth-order valence-electron chi connectivity index (χ4n) is 5.24. The first kappa shape index (κ1) is 21.4. The van der Waals surface area contributed by atoms with Crippen LogP contribution in [0.1, 0.15) is 91.8 Å². The summed E-state index contributed by atoms with van der Waals surface area (Å²) in [5.74, 6) is 0. The highest BCUT2D eigenvalue weighted by Gasteiger charge is 2.43. The molecule has 0 fully saturated rings. The summed E-state index contributed by atoms with van der Waals surface area (Å²) in [7, 11) is 0. The van der Waals surface area contributed by atoms with E-state index in [1.807, 2.05) is 6.20 Å². The molecule has 4 heterocycles. The van der Waals surface area contributed by atoms with Crippen molar-refractivity contribution in [2.75, 3.05) is 0 Å². The molecular formula is C28H35N3O. The van der Waals surface area contributed by atoms with E-state index in [0.29, 0.717) is 0 Å². The van der Waals surface area contributed by atoms with E-state index in [2.05, 4.69) is 97.9 Å². The van der Waals surface area contributed by atoms with Gasteiger partial charge in [-0.1, -0.05) is 41.5 Å². The summed E-state index contributed by atoms with van der Waals surface area (Å²) in [6.07, 6.45) is 2.01. The maximum atomic E-state index is 6.42. The van der Waals surface area contributed by atoms with Gasteiger partial charge in [0.1, 0.15) is 5.65 Å². The van der Waals surface area contributed by atoms with E-state index >= 15 is 0 Å². The number of pyridine rings is 2. The Labute approximate surface area is 191 Å². The summed E-state index contributed by atoms with van der Waals surface area (Å²) in [5.41, 5.74) is 7.25. The van der Waals surface area contributed by atoms with Crippen LogP contribution in [0.2, 0.25) is 0 Å². The molecule has 0 amide bonds. The molecule has 0 saturated carbocycles. The Kier molecular flexibility index (Phi) is 4.08. The van der Waals surface area contributed by atoms with Gasteiger partial charge >= 0.3 is 0 Å². The van der Waals surface area contributed by atoms with Crippen molar-refractivity contribution < 1.29 is 4.74 Å². The lowest BCUT2D eigenvalue weighted by Crippen LogP contribution is -2.22. The molecule has 4 aromatic rings. The summed E-state index contributed by atoms with van der Waals surface area (Å²) in [4.78, 5) is 9.99. The van der Waals surface area contributed by atoms with E-state index in [1.54, 1.807) is 0 Å². The van der Waals surface area contributed by atoms with Gasteiger partial charge in [0.2, 0.25) is 0 Å². The van der Waals surface area contributed by atoms with Crippen molar-refractivity contribution in [1.82, 2.24) is 14.4 Å². The molecule has 0 atom stereocenters. The Balaban J connectivity index is 1.94. The average molecular weight is 430 g/mol. The molecule has 5 rings (SSSR count). The molecule has 4 nitrogen and oxygen atoms in total. The predicted molar refractivity (Wildman–Crippen MR) is 133 cm³/mol. The first-order valence-electron chi connectivity index (χ1n) is 11.6. The molecule has 1 aliphatic rings. The largest absolute Gasteiger partial charge is 0.360 e. The third-order valence-electron chi connectivity index (χ3n) is 6.85. The van der Waals surface area contributed by atoms with Gasteiger partial charge < -0.3 is 4.74 Å². The molecule has 0 N–H and O–H groups in total. The van der Waals surface area contributed by atoms with E-state index in [9.17, 15) is 0 Å². The molecule has 0 radical (unpaired) electrons. The van der Waals surface area contributed by atoms with Gasteiger partial charge in [-0.15, -0.1) is 0 Å². The summed E-state index contributed by atoms with van der Waals surface area (Å²) in [6.45, 7) is 22.1.